The van der Waals surface area contributed by atoms with E-state index in [-0.39, 0.29) is 25.7 Å². The van der Waals surface area contributed by atoms with Crippen molar-refractivity contribution in [3.05, 3.63) is 0 Å². The minimum atomic E-state index is -4.97. The smallest absolute Gasteiger partial charge is 0.462 e. The number of aliphatic hydroxyl groups is 1. The minimum absolute atomic E-state index is 0.108. The Morgan fingerprint density at radius 3 is 0.636 bits per heavy atom. The summed E-state index contributed by atoms with van der Waals surface area (Å²) in [5, 5.41) is 10.7. The number of ether oxygens (including phenoxy) is 4. The van der Waals surface area contributed by atoms with Gasteiger partial charge in [0.05, 0.1) is 26.4 Å². The maximum Gasteiger partial charge on any atom is 0.472 e. The van der Waals surface area contributed by atoms with E-state index in [1.807, 2.05) is 0 Å². The zero-order valence-corrected chi connectivity index (χ0v) is 72.1. The first-order valence-electron chi connectivity index (χ1n) is 45.6. The van der Waals surface area contributed by atoms with E-state index < -0.39 is 97.5 Å². The van der Waals surface area contributed by atoms with Gasteiger partial charge in [-0.3, -0.25) is 37.3 Å². The van der Waals surface area contributed by atoms with E-state index in [4.69, 9.17) is 37.0 Å². The molecule has 636 valence electrons. The summed E-state index contributed by atoms with van der Waals surface area (Å²) in [4.78, 5) is 73.3. The third-order valence-electron chi connectivity index (χ3n) is 20.8. The maximum atomic E-state index is 13.2. The van der Waals surface area contributed by atoms with Crippen LogP contribution in [0.15, 0.2) is 0 Å². The maximum absolute atomic E-state index is 13.2. The van der Waals surface area contributed by atoms with Crippen molar-refractivity contribution in [3.8, 4) is 0 Å². The molecule has 0 aliphatic heterocycles. The Balaban J connectivity index is 5.24. The van der Waals surface area contributed by atoms with Crippen LogP contribution in [0.4, 0.5) is 0 Å². The molecule has 0 aromatic heterocycles. The number of hydrogen-bond acceptors (Lipinski definition) is 15. The summed E-state index contributed by atoms with van der Waals surface area (Å²) in [6, 6.07) is 0. The zero-order chi connectivity index (χ0) is 78.3. The zero-order valence-electron chi connectivity index (χ0n) is 70.3. The Hall–Kier alpha value is -1.94. The molecule has 0 amide bonds. The average molecular weight is 1560 g/mol. The van der Waals surface area contributed by atoms with Crippen molar-refractivity contribution >= 4 is 39.5 Å². The van der Waals surface area contributed by atoms with Crippen molar-refractivity contribution < 1.29 is 80.2 Å². The van der Waals surface area contributed by atoms with Gasteiger partial charge in [0.2, 0.25) is 0 Å². The van der Waals surface area contributed by atoms with E-state index >= 15 is 0 Å². The van der Waals surface area contributed by atoms with Gasteiger partial charge in [0.1, 0.15) is 19.3 Å². The standard InChI is InChI=1S/C88H172O17P2/c1-6-9-12-15-18-21-24-27-30-32-34-35-37-39-42-45-48-53-59-64-69-74-88(93)104-83(77-98-85(90)71-66-61-56-51-46-43-41-38-36-33-31-28-25-22-19-16-13-10-7-2)79-102-106(94,95)100-75-82(89)76-101-107(96,97)103-80-84(78-99-86(91)72-67-62-57-54-49-50-55-60-65-70-81(4)5)105-87(92)73-68-63-58-52-47-44-40-29-26-23-20-17-14-11-8-3/h81-84,89H,6-80H2,1-5H3,(H,94,95)(H,96,97)/t82-,83-,84-/m1/s1. The van der Waals surface area contributed by atoms with Crippen LogP contribution in [-0.4, -0.2) is 96.7 Å². The lowest BCUT2D eigenvalue weighted by Gasteiger charge is -2.21. The molecule has 0 heterocycles. The van der Waals surface area contributed by atoms with Gasteiger partial charge >= 0.3 is 39.5 Å². The summed E-state index contributed by atoms with van der Waals surface area (Å²) in [6.07, 6.45) is 75.1. The number of carbonyl (C=O) groups is 4. The quantitative estimate of drug-likeness (QED) is 0.0222. The van der Waals surface area contributed by atoms with Gasteiger partial charge in [-0.1, -0.05) is 426 Å². The molecular weight excluding hydrogens is 1390 g/mol. The summed E-state index contributed by atoms with van der Waals surface area (Å²) in [6.45, 7) is 7.36. The molecule has 0 radical (unpaired) electrons. The molecule has 5 atom stereocenters. The summed E-state index contributed by atoms with van der Waals surface area (Å²) in [5.74, 6) is -1.35. The number of aliphatic hydroxyl groups excluding tert-OH is 1. The third kappa shape index (κ3) is 81.9. The molecule has 0 aliphatic rings. The lowest BCUT2D eigenvalue weighted by atomic mass is 10.0. The number of phosphoric acid groups is 2. The SMILES string of the molecule is CCCCCCCCCCCCCCCCCCCCCCCC(=O)O[C@H](COC(=O)CCCCCCCCCCCCCCCCCCCCC)COP(=O)(O)OC[C@@H](O)COP(=O)(O)OC[C@@H](COC(=O)CCCCCCCCCCCC(C)C)OC(=O)CCCCCCCCCCCCCCCCC. The van der Waals surface area contributed by atoms with Crippen molar-refractivity contribution in [2.45, 2.75) is 496 Å². The number of unbranched alkanes of at least 4 members (excludes halogenated alkanes) is 60. The van der Waals surface area contributed by atoms with Gasteiger partial charge in [0, 0.05) is 25.7 Å². The lowest BCUT2D eigenvalue weighted by Crippen LogP contribution is -2.30. The van der Waals surface area contributed by atoms with Gasteiger partial charge in [-0.15, -0.1) is 0 Å². The Labute approximate surface area is 658 Å². The Kier molecular flexibility index (Phi) is 79.2. The molecule has 17 nitrogen and oxygen atoms in total. The van der Waals surface area contributed by atoms with Crippen LogP contribution in [0.3, 0.4) is 0 Å². The van der Waals surface area contributed by atoms with Gasteiger partial charge in [-0.25, -0.2) is 9.13 Å². The number of phosphoric ester groups is 2. The van der Waals surface area contributed by atoms with E-state index in [1.54, 1.807) is 0 Å². The summed E-state index contributed by atoms with van der Waals surface area (Å²) >= 11 is 0. The van der Waals surface area contributed by atoms with Crippen LogP contribution in [-0.2, 0) is 65.4 Å². The number of hydrogen-bond donors (Lipinski definition) is 3. The molecule has 0 saturated heterocycles. The number of esters is 4. The molecule has 107 heavy (non-hydrogen) atoms. The summed E-state index contributed by atoms with van der Waals surface area (Å²) in [7, 11) is -9.93. The fraction of sp³-hybridized carbons (Fsp3) is 0.955. The third-order valence-corrected chi connectivity index (χ3v) is 22.7. The molecule has 0 rings (SSSR count). The molecule has 0 aromatic carbocycles. The molecule has 0 spiro atoms. The normalized spacial score (nSPS) is 13.7. The fourth-order valence-electron chi connectivity index (χ4n) is 13.8. The van der Waals surface area contributed by atoms with Gasteiger partial charge < -0.3 is 33.8 Å². The Bertz CT molecular complexity index is 2030. The van der Waals surface area contributed by atoms with Crippen molar-refractivity contribution in [2.24, 2.45) is 5.92 Å². The molecule has 0 saturated carbocycles. The predicted octanol–water partition coefficient (Wildman–Crippen LogP) is 27.2. The second kappa shape index (κ2) is 80.7. The second-order valence-corrected chi connectivity index (χ2v) is 35.0. The Morgan fingerprint density at radius 1 is 0.252 bits per heavy atom. The van der Waals surface area contributed by atoms with Crippen molar-refractivity contribution in [1.82, 2.24) is 0 Å². The number of carbonyl (C=O) groups excluding carboxylic acids is 4. The predicted molar refractivity (Wildman–Crippen MR) is 442 cm³/mol. The van der Waals surface area contributed by atoms with Gasteiger partial charge in [-0.2, -0.15) is 0 Å². The average Bonchev–Trinajstić information content (AvgIpc) is 0.905. The molecular formula is C88H172O17P2. The molecule has 2 unspecified atom stereocenters. The van der Waals surface area contributed by atoms with Gasteiger partial charge in [0.25, 0.3) is 0 Å². The van der Waals surface area contributed by atoms with Crippen LogP contribution in [0.1, 0.15) is 478 Å². The second-order valence-electron chi connectivity index (χ2n) is 32.1. The molecule has 19 heteroatoms. The van der Waals surface area contributed by atoms with Crippen molar-refractivity contribution in [1.29, 1.82) is 0 Å². The van der Waals surface area contributed by atoms with Crippen LogP contribution in [0.2, 0.25) is 0 Å². The molecule has 0 fully saturated rings. The topological polar surface area (TPSA) is 237 Å². The first-order chi connectivity index (χ1) is 52.0. The summed E-state index contributed by atoms with van der Waals surface area (Å²) < 4.78 is 69.0. The van der Waals surface area contributed by atoms with Gasteiger partial charge in [0.15, 0.2) is 12.2 Å². The van der Waals surface area contributed by atoms with Crippen LogP contribution in [0.25, 0.3) is 0 Å². The van der Waals surface area contributed by atoms with Crippen LogP contribution < -0.4 is 0 Å². The largest absolute Gasteiger partial charge is 0.472 e. The minimum Gasteiger partial charge on any atom is -0.462 e. The first-order valence-corrected chi connectivity index (χ1v) is 48.6. The first kappa shape index (κ1) is 105. The molecule has 3 N–H and O–H groups in total. The number of rotatable bonds is 88. The van der Waals surface area contributed by atoms with E-state index in [1.165, 1.54) is 302 Å². The van der Waals surface area contributed by atoms with Gasteiger partial charge in [-0.05, 0) is 31.6 Å². The van der Waals surface area contributed by atoms with Crippen molar-refractivity contribution in [3.63, 3.8) is 0 Å². The Morgan fingerprint density at radius 2 is 0.430 bits per heavy atom. The highest BCUT2D eigenvalue weighted by molar-refractivity contribution is 7.47. The molecule has 0 aliphatic carbocycles. The fourth-order valence-corrected chi connectivity index (χ4v) is 15.4. The van der Waals surface area contributed by atoms with E-state index in [9.17, 15) is 43.2 Å². The summed E-state index contributed by atoms with van der Waals surface area (Å²) in [5.41, 5.74) is 0. The molecule has 0 bridgehead atoms. The highest BCUT2D eigenvalue weighted by Crippen LogP contribution is 2.45. The van der Waals surface area contributed by atoms with E-state index in [0.717, 1.165) is 95.8 Å². The van der Waals surface area contributed by atoms with E-state index in [2.05, 4.69) is 34.6 Å². The molecule has 0 aromatic rings. The highest BCUT2D eigenvalue weighted by Gasteiger charge is 2.30. The van der Waals surface area contributed by atoms with Crippen LogP contribution in [0, 0.1) is 5.92 Å². The van der Waals surface area contributed by atoms with Crippen LogP contribution >= 0.6 is 15.6 Å². The monoisotopic (exact) mass is 1560 g/mol. The van der Waals surface area contributed by atoms with Crippen LogP contribution in [0.5, 0.6) is 0 Å². The lowest BCUT2D eigenvalue weighted by molar-refractivity contribution is -0.161. The van der Waals surface area contributed by atoms with Crippen molar-refractivity contribution in [2.75, 3.05) is 39.6 Å². The van der Waals surface area contributed by atoms with E-state index in [0.29, 0.717) is 25.7 Å². The highest BCUT2D eigenvalue weighted by atomic mass is 31.2.